The van der Waals surface area contributed by atoms with Crippen LogP contribution < -0.4 is 0 Å². The largest absolute Gasteiger partial charge is 0.470 e. The second-order valence-corrected chi connectivity index (χ2v) is 7.17. The van der Waals surface area contributed by atoms with Crippen LogP contribution in [0.4, 0.5) is 0 Å². The zero-order chi connectivity index (χ0) is 14.1. The molecule has 0 unspecified atom stereocenters. The van der Waals surface area contributed by atoms with Crippen molar-refractivity contribution in [1.82, 2.24) is 9.80 Å². The molecular formula is C16H27N3O2. The van der Waals surface area contributed by atoms with E-state index in [0.29, 0.717) is 6.61 Å². The summed E-state index contributed by atoms with van der Waals surface area (Å²) in [6.07, 6.45) is 7.76. The molecule has 5 aliphatic heterocycles. The predicted molar refractivity (Wildman–Crippen MR) is 81.3 cm³/mol. The normalized spacial score (nSPS) is 40.3. The molecule has 5 nitrogen and oxygen atoms in total. The first-order valence-corrected chi connectivity index (χ1v) is 8.66. The van der Waals surface area contributed by atoms with Gasteiger partial charge in [0, 0.05) is 6.54 Å². The van der Waals surface area contributed by atoms with E-state index in [1.165, 1.54) is 71.2 Å². The molecule has 0 N–H and O–H groups in total. The van der Waals surface area contributed by atoms with Crippen LogP contribution in [0.3, 0.4) is 0 Å². The van der Waals surface area contributed by atoms with E-state index in [0.717, 1.165) is 12.4 Å². The molecule has 0 aromatic heterocycles. The number of piperidine rings is 4. The molecule has 118 valence electrons. The van der Waals surface area contributed by atoms with Crippen molar-refractivity contribution in [1.29, 1.82) is 0 Å². The fraction of sp³-hybridized carbons (Fsp3) is 0.938. The minimum atomic E-state index is 0.171. The quantitative estimate of drug-likeness (QED) is 0.793. The topological polar surface area (TPSA) is 37.3 Å². The average molecular weight is 293 g/mol. The van der Waals surface area contributed by atoms with E-state index in [-0.39, 0.29) is 11.5 Å². The van der Waals surface area contributed by atoms with Crippen LogP contribution in [0.25, 0.3) is 0 Å². The molecule has 0 spiro atoms. The lowest BCUT2D eigenvalue weighted by Crippen LogP contribution is -2.54. The number of ether oxygens (including phenoxy) is 1. The van der Waals surface area contributed by atoms with Crippen LogP contribution in [0.5, 0.6) is 0 Å². The zero-order valence-corrected chi connectivity index (χ0v) is 12.9. The van der Waals surface area contributed by atoms with Crippen LogP contribution in [-0.2, 0) is 9.57 Å². The van der Waals surface area contributed by atoms with E-state index < -0.39 is 0 Å². The number of hydrogen-bond acceptors (Lipinski definition) is 5. The van der Waals surface area contributed by atoms with Crippen LogP contribution in [0.2, 0.25) is 0 Å². The van der Waals surface area contributed by atoms with Crippen LogP contribution in [0.15, 0.2) is 5.16 Å². The van der Waals surface area contributed by atoms with E-state index in [1.54, 1.807) is 0 Å². The molecule has 0 aliphatic carbocycles. The van der Waals surface area contributed by atoms with Gasteiger partial charge in [0.05, 0.1) is 5.41 Å². The molecule has 1 atom stereocenters. The summed E-state index contributed by atoms with van der Waals surface area (Å²) in [5.41, 5.74) is 0.176. The minimum absolute atomic E-state index is 0.171. The van der Waals surface area contributed by atoms with E-state index >= 15 is 0 Å². The second-order valence-electron chi connectivity index (χ2n) is 7.17. The number of nitrogens with zero attached hydrogens (tertiary/aromatic N) is 3. The molecule has 0 aromatic carbocycles. The minimum Gasteiger partial charge on any atom is -0.470 e. The van der Waals surface area contributed by atoms with E-state index in [9.17, 15) is 0 Å². The van der Waals surface area contributed by atoms with Crippen molar-refractivity contribution >= 4 is 5.90 Å². The third-order valence-electron chi connectivity index (χ3n) is 5.77. The van der Waals surface area contributed by atoms with Gasteiger partial charge in [-0.1, -0.05) is 11.6 Å². The highest BCUT2D eigenvalue weighted by Gasteiger charge is 2.46. The van der Waals surface area contributed by atoms with Crippen LogP contribution in [0, 0.1) is 5.41 Å². The molecule has 5 heterocycles. The van der Waals surface area contributed by atoms with E-state index in [1.807, 2.05) is 0 Å². The summed E-state index contributed by atoms with van der Waals surface area (Å²) in [4.78, 5) is 10.6. The lowest BCUT2D eigenvalue weighted by molar-refractivity contribution is -0.0371. The SMILES string of the molecule is C1CCN(C[C@@H]2CON=C(C34CCN(CC3)CC4)O2)CC1. The number of likely N-dealkylation sites (tertiary alicyclic amines) is 1. The molecule has 4 fully saturated rings. The maximum atomic E-state index is 6.31. The third-order valence-corrected chi connectivity index (χ3v) is 5.77. The predicted octanol–water partition coefficient (Wildman–Crippen LogP) is 1.69. The van der Waals surface area contributed by atoms with Crippen molar-refractivity contribution in [2.75, 3.05) is 45.9 Å². The molecule has 0 aromatic rings. The Bertz CT molecular complexity index is 385. The first-order chi connectivity index (χ1) is 10.3. The van der Waals surface area contributed by atoms with Gasteiger partial charge in [0.1, 0.15) is 6.10 Å². The number of oxime groups is 1. The molecule has 5 heteroatoms. The summed E-state index contributed by atoms with van der Waals surface area (Å²) in [7, 11) is 0. The molecule has 21 heavy (non-hydrogen) atoms. The van der Waals surface area contributed by atoms with Crippen molar-refractivity contribution in [3.05, 3.63) is 0 Å². The summed E-state index contributed by atoms with van der Waals surface area (Å²) >= 11 is 0. The van der Waals surface area contributed by atoms with Crippen LogP contribution in [0.1, 0.15) is 38.5 Å². The average Bonchev–Trinajstić information content (AvgIpc) is 2.58. The van der Waals surface area contributed by atoms with Gasteiger partial charge in [-0.3, -0.25) is 4.90 Å². The van der Waals surface area contributed by atoms with E-state index in [2.05, 4.69) is 15.0 Å². The summed E-state index contributed by atoms with van der Waals surface area (Å²) in [6.45, 7) is 7.62. The molecule has 0 saturated carbocycles. The summed E-state index contributed by atoms with van der Waals surface area (Å²) in [6, 6.07) is 0. The monoisotopic (exact) mass is 293 g/mol. The number of fused-ring (bicyclic) bond motifs is 3. The molecular weight excluding hydrogens is 266 g/mol. The molecule has 5 rings (SSSR count). The van der Waals surface area contributed by atoms with Gasteiger partial charge in [0.15, 0.2) is 6.61 Å². The number of rotatable bonds is 3. The fourth-order valence-electron chi connectivity index (χ4n) is 4.28. The molecule has 0 radical (unpaired) electrons. The second kappa shape index (κ2) is 5.76. The first kappa shape index (κ1) is 13.8. The standard InChI is InChI=1S/C16H27N3O2/c1-2-7-19(8-3-1)12-14-13-20-17-15(21-14)16-4-9-18(10-5-16)11-6-16/h14H,1-13H2/t14-/m1/s1. The van der Waals surface area contributed by atoms with Crippen molar-refractivity contribution in [3.8, 4) is 0 Å². The summed E-state index contributed by atoms with van der Waals surface area (Å²) < 4.78 is 6.31. The lowest BCUT2D eigenvalue weighted by Gasteiger charge is -2.48. The Labute approximate surface area is 127 Å². The van der Waals surface area contributed by atoms with Gasteiger partial charge >= 0.3 is 0 Å². The van der Waals surface area contributed by atoms with Gasteiger partial charge in [0.25, 0.3) is 0 Å². The maximum absolute atomic E-state index is 6.31. The molecule has 5 aliphatic rings. The Morgan fingerprint density at radius 2 is 1.71 bits per heavy atom. The van der Waals surface area contributed by atoms with Gasteiger partial charge in [-0.15, -0.1) is 0 Å². The molecule has 0 amide bonds. The number of hydrogen-bond donors (Lipinski definition) is 0. The van der Waals surface area contributed by atoms with Crippen molar-refractivity contribution in [2.45, 2.75) is 44.6 Å². The molecule has 4 saturated heterocycles. The van der Waals surface area contributed by atoms with Crippen LogP contribution >= 0.6 is 0 Å². The highest BCUT2D eigenvalue weighted by Crippen LogP contribution is 2.42. The smallest absolute Gasteiger partial charge is 0.232 e. The van der Waals surface area contributed by atoms with Crippen LogP contribution in [-0.4, -0.2) is 67.7 Å². The fourth-order valence-corrected chi connectivity index (χ4v) is 4.28. The Hall–Kier alpha value is -0.810. The lowest BCUT2D eigenvalue weighted by atomic mass is 9.72. The van der Waals surface area contributed by atoms with Gasteiger partial charge in [-0.05, 0) is 64.8 Å². The van der Waals surface area contributed by atoms with Crippen molar-refractivity contribution in [3.63, 3.8) is 0 Å². The van der Waals surface area contributed by atoms with Gasteiger partial charge in [-0.2, -0.15) is 0 Å². The third kappa shape index (κ3) is 2.78. The van der Waals surface area contributed by atoms with Gasteiger partial charge in [0.2, 0.25) is 5.90 Å². The Kier molecular flexibility index (Phi) is 3.79. The zero-order valence-electron chi connectivity index (χ0n) is 12.9. The Morgan fingerprint density at radius 1 is 1.00 bits per heavy atom. The Morgan fingerprint density at radius 3 is 2.43 bits per heavy atom. The molecule has 2 bridgehead atoms. The van der Waals surface area contributed by atoms with E-state index in [4.69, 9.17) is 9.57 Å². The van der Waals surface area contributed by atoms with Crippen molar-refractivity contribution < 1.29 is 9.57 Å². The highest BCUT2D eigenvalue weighted by molar-refractivity contribution is 5.83. The Balaban J connectivity index is 1.39. The van der Waals surface area contributed by atoms with Crippen molar-refractivity contribution in [2.24, 2.45) is 10.6 Å². The van der Waals surface area contributed by atoms with Gasteiger partial charge in [-0.25, -0.2) is 0 Å². The summed E-state index contributed by atoms with van der Waals surface area (Å²) in [5, 5.41) is 4.32. The summed E-state index contributed by atoms with van der Waals surface area (Å²) in [5.74, 6) is 0.912. The maximum Gasteiger partial charge on any atom is 0.232 e. The first-order valence-electron chi connectivity index (χ1n) is 8.66. The van der Waals surface area contributed by atoms with Gasteiger partial charge < -0.3 is 14.5 Å². The highest BCUT2D eigenvalue weighted by atomic mass is 16.7.